The number of aliphatic hydroxyl groups excluding tert-OH is 1. The lowest BCUT2D eigenvalue weighted by Gasteiger charge is -2.30. The summed E-state index contributed by atoms with van der Waals surface area (Å²) in [6.45, 7) is 2.26. The highest BCUT2D eigenvalue weighted by Crippen LogP contribution is 2.28. The van der Waals surface area contributed by atoms with Crippen molar-refractivity contribution in [1.82, 2.24) is 10.4 Å². The number of likely N-dealkylation sites (tertiary alicyclic amines) is 1. The van der Waals surface area contributed by atoms with Crippen LogP contribution in [0.25, 0.3) is 0 Å². The van der Waals surface area contributed by atoms with Crippen molar-refractivity contribution in [3.63, 3.8) is 0 Å². The van der Waals surface area contributed by atoms with Crippen LogP contribution in [0.1, 0.15) is 39.0 Å². The Labute approximate surface area is 179 Å². The summed E-state index contributed by atoms with van der Waals surface area (Å²) >= 11 is 11.9. The van der Waals surface area contributed by atoms with E-state index >= 15 is 0 Å². The zero-order chi connectivity index (χ0) is 21.6. The molecule has 3 atom stereocenters. The number of nitrogens with zero attached hydrogens (tertiary/aromatic N) is 1. The number of halogens is 2. The average Bonchev–Trinajstić information content (AvgIpc) is 3.20. The Morgan fingerprint density at radius 3 is 2.62 bits per heavy atom. The fourth-order valence-electron chi connectivity index (χ4n) is 3.40. The number of hydrogen-bond donors (Lipinski definition) is 4. The van der Waals surface area contributed by atoms with Gasteiger partial charge in [0.1, 0.15) is 12.1 Å². The van der Waals surface area contributed by atoms with Crippen LogP contribution in [0.4, 0.5) is 5.69 Å². The Hall–Kier alpha value is -1.87. The number of carbonyl (C=O) groups excluding carboxylic acids is 3. The first-order valence-electron chi connectivity index (χ1n) is 9.48. The summed E-state index contributed by atoms with van der Waals surface area (Å²) in [5.74, 6) is -2.96. The number of amides is 3. The van der Waals surface area contributed by atoms with Gasteiger partial charge >= 0.3 is 0 Å². The Balaban J connectivity index is 2.15. The second kappa shape index (κ2) is 10.8. The molecule has 0 aromatic heterocycles. The molecule has 1 aliphatic heterocycles. The lowest BCUT2D eigenvalue weighted by Crippen LogP contribution is -2.50. The summed E-state index contributed by atoms with van der Waals surface area (Å²) in [5, 5.41) is 22.4. The zero-order valence-electron chi connectivity index (χ0n) is 16.0. The third kappa shape index (κ3) is 5.82. The van der Waals surface area contributed by atoms with E-state index in [9.17, 15) is 19.5 Å². The van der Waals surface area contributed by atoms with Gasteiger partial charge in [-0.15, -0.1) is 0 Å². The van der Waals surface area contributed by atoms with Crippen LogP contribution in [0.3, 0.4) is 0 Å². The molecule has 0 unspecified atom stereocenters. The second-order valence-electron chi connectivity index (χ2n) is 6.98. The minimum absolute atomic E-state index is 0.265. The van der Waals surface area contributed by atoms with Crippen LogP contribution in [0.15, 0.2) is 18.2 Å². The van der Waals surface area contributed by atoms with Crippen molar-refractivity contribution < 1.29 is 24.7 Å². The molecule has 1 aromatic rings. The third-order valence-electron chi connectivity index (χ3n) is 4.97. The van der Waals surface area contributed by atoms with Gasteiger partial charge in [0.2, 0.25) is 11.8 Å². The molecule has 4 N–H and O–H groups in total. The van der Waals surface area contributed by atoms with Gasteiger partial charge in [-0.2, -0.15) is 0 Å². The van der Waals surface area contributed by atoms with Gasteiger partial charge in [-0.05, 0) is 37.5 Å². The van der Waals surface area contributed by atoms with E-state index in [1.165, 1.54) is 16.4 Å². The van der Waals surface area contributed by atoms with Gasteiger partial charge in [0, 0.05) is 12.2 Å². The van der Waals surface area contributed by atoms with E-state index in [0.717, 1.165) is 6.42 Å². The first-order valence-corrected chi connectivity index (χ1v) is 10.2. The summed E-state index contributed by atoms with van der Waals surface area (Å²) in [7, 11) is 0. The lowest BCUT2D eigenvalue weighted by molar-refractivity contribution is -0.152. The molecule has 29 heavy (non-hydrogen) atoms. The van der Waals surface area contributed by atoms with Crippen LogP contribution in [0.2, 0.25) is 10.0 Å². The molecule has 1 heterocycles. The Morgan fingerprint density at radius 2 is 2.00 bits per heavy atom. The zero-order valence-corrected chi connectivity index (χ0v) is 17.5. The molecule has 1 saturated heterocycles. The summed E-state index contributed by atoms with van der Waals surface area (Å²) in [4.78, 5) is 38.9. The van der Waals surface area contributed by atoms with E-state index < -0.39 is 29.9 Å². The van der Waals surface area contributed by atoms with Crippen LogP contribution >= 0.6 is 23.2 Å². The van der Waals surface area contributed by atoms with Gasteiger partial charge < -0.3 is 15.3 Å². The molecule has 160 valence electrons. The van der Waals surface area contributed by atoms with Gasteiger partial charge in [0.25, 0.3) is 5.91 Å². The number of unbranched alkanes of at least 4 members (excludes halogenated alkanes) is 1. The highest BCUT2D eigenvalue weighted by atomic mass is 35.5. The molecule has 10 heteroatoms. The molecule has 1 fully saturated rings. The molecule has 0 bridgehead atoms. The highest BCUT2D eigenvalue weighted by Gasteiger charge is 2.41. The molecule has 3 amide bonds. The molecule has 0 saturated carbocycles. The molecule has 1 aromatic carbocycles. The molecule has 0 radical (unpaired) electrons. The Morgan fingerprint density at radius 1 is 1.28 bits per heavy atom. The van der Waals surface area contributed by atoms with Crippen LogP contribution in [-0.4, -0.2) is 51.6 Å². The second-order valence-corrected chi connectivity index (χ2v) is 7.79. The van der Waals surface area contributed by atoms with E-state index in [4.69, 9.17) is 28.4 Å². The summed E-state index contributed by atoms with van der Waals surface area (Å²) in [6.07, 6.45) is 1.02. The fourth-order valence-corrected chi connectivity index (χ4v) is 3.70. The molecule has 0 spiro atoms. The predicted molar refractivity (Wildman–Crippen MR) is 109 cm³/mol. The van der Waals surface area contributed by atoms with Gasteiger partial charge in [-0.3, -0.25) is 19.6 Å². The van der Waals surface area contributed by atoms with E-state index in [1.807, 2.05) is 6.92 Å². The van der Waals surface area contributed by atoms with Crippen LogP contribution < -0.4 is 10.8 Å². The monoisotopic (exact) mass is 445 g/mol. The first kappa shape index (κ1) is 23.4. The molecule has 1 aliphatic rings. The summed E-state index contributed by atoms with van der Waals surface area (Å²) in [5.41, 5.74) is 1.83. The van der Waals surface area contributed by atoms with E-state index in [-0.39, 0.29) is 12.3 Å². The first-order chi connectivity index (χ1) is 13.8. The van der Waals surface area contributed by atoms with Crippen LogP contribution in [-0.2, 0) is 14.4 Å². The number of carbonyl (C=O) groups is 3. The average molecular weight is 446 g/mol. The van der Waals surface area contributed by atoms with Crippen LogP contribution in [0.5, 0.6) is 0 Å². The van der Waals surface area contributed by atoms with Crippen molar-refractivity contribution in [3.8, 4) is 0 Å². The predicted octanol–water partition coefficient (Wildman–Crippen LogP) is 2.60. The number of aliphatic hydroxyl groups is 1. The third-order valence-corrected chi connectivity index (χ3v) is 5.71. The number of nitrogens with one attached hydrogen (secondary N) is 2. The number of benzene rings is 1. The standard InChI is InChI=1S/C19H25Cl2N3O5/c1-2-3-5-12(16(25)18(27)23-29)19(28)24-9-4-6-15(24)17(26)22-11-7-8-13(20)14(21)10-11/h7-8,10,12,15-16,25,29H,2-6,9H2,1H3,(H,22,26)(H,23,27)/t12-,15+,16+/m1/s1. The van der Waals surface area contributed by atoms with Crippen molar-refractivity contribution in [3.05, 3.63) is 28.2 Å². The van der Waals surface area contributed by atoms with Crippen molar-refractivity contribution in [2.24, 2.45) is 5.92 Å². The number of hydroxylamine groups is 1. The van der Waals surface area contributed by atoms with Gasteiger partial charge in [0.15, 0.2) is 0 Å². The molecule has 0 aliphatic carbocycles. The van der Waals surface area contributed by atoms with E-state index in [1.54, 1.807) is 12.1 Å². The minimum Gasteiger partial charge on any atom is -0.382 e. The van der Waals surface area contributed by atoms with Gasteiger partial charge in [0.05, 0.1) is 16.0 Å². The largest absolute Gasteiger partial charge is 0.382 e. The SMILES string of the molecule is CCCC[C@@H](C(=O)N1CCC[C@H]1C(=O)Nc1ccc(Cl)c(Cl)c1)[C@H](O)C(=O)NO. The fraction of sp³-hybridized carbons (Fsp3) is 0.526. The molecular formula is C19H25Cl2N3O5. The topological polar surface area (TPSA) is 119 Å². The lowest BCUT2D eigenvalue weighted by atomic mass is 9.93. The molecular weight excluding hydrogens is 421 g/mol. The Kier molecular flexibility index (Phi) is 8.70. The minimum atomic E-state index is -1.70. The number of hydrogen-bond acceptors (Lipinski definition) is 5. The van der Waals surface area contributed by atoms with Crippen molar-refractivity contribution in [2.75, 3.05) is 11.9 Å². The van der Waals surface area contributed by atoms with Crippen molar-refractivity contribution in [1.29, 1.82) is 0 Å². The van der Waals surface area contributed by atoms with Crippen molar-refractivity contribution >= 4 is 46.6 Å². The van der Waals surface area contributed by atoms with Gasteiger partial charge in [-0.25, -0.2) is 5.48 Å². The maximum absolute atomic E-state index is 13.1. The van der Waals surface area contributed by atoms with E-state index in [0.29, 0.717) is 41.5 Å². The molecule has 8 nitrogen and oxygen atoms in total. The quantitative estimate of drug-likeness (QED) is 0.362. The number of rotatable bonds is 8. The smallest absolute Gasteiger partial charge is 0.272 e. The van der Waals surface area contributed by atoms with E-state index in [2.05, 4.69) is 5.32 Å². The Bertz CT molecular complexity index is 761. The van der Waals surface area contributed by atoms with Crippen molar-refractivity contribution in [2.45, 2.75) is 51.2 Å². The highest BCUT2D eigenvalue weighted by molar-refractivity contribution is 6.42. The summed E-state index contributed by atoms with van der Waals surface area (Å²) in [6, 6.07) is 3.95. The normalized spacial score (nSPS) is 18.2. The van der Waals surface area contributed by atoms with Crippen LogP contribution in [0, 0.1) is 5.92 Å². The number of anilines is 1. The maximum atomic E-state index is 13.1. The molecule has 2 rings (SSSR count). The maximum Gasteiger partial charge on any atom is 0.272 e. The van der Waals surface area contributed by atoms with Gasteiger partial charge in [-0.1, -0.05) is 43.0 Å². The summed E-state index contributed by atoms with van der Waals surface area (Å²) < 4.78 is 0.